The maximum Gasteiger partial charge on any atom is 0.243 e. The summed E-state index contributed by atoms with van der Waals surface area (Å²) in [6, 6.07) is 16.5. The largest absolute Gasteiger partial charge is 0.340 e. The number of hydrogen-bond donors (Lipinski definition) is 0. The lowest BCUT2D eigenvalue weighted by atomic mass is 9.98. The first-order chi connectivity index (χ1) is 15.3. The van der Waals surface area contributed by atoms with Gasteiger partial charge in [0.1, 0.15) is 0 Å². The monoisotopic (exact) mass is 477 g/mol. The van der Waals surface area contributed by atoms with Crippen molar-refractivity contribution < 1.29 is 21.6 Å². The predicted octanol–water partition coefficient (Wildman–Crippen LogP) is 1.62. The Balaban J connectivity index is 1.39. The van der Waals surface area contributed by atoms with Crippen LogP contribution in [0.5, 0.6) is 0 Å². The van der Waals surface area contributed by atoms with Gasteiger partial charge >= 0.3 is 0 Å². The van der Waals surface area contributed by atoms with Gasteiger partial charge in [-0.2, -0.15) is 8.61 Å². The second-order valence-electron chi connectivity index (χ2n) is 8.06. The van der Waals surface area contributed by atoms with E-state index in [0.717, 1.165) is 0 Å². The van der Waals surface area contributed by atoms with Gasteiger partial charge in [-0.1, -0.05) is 36.4 Å². The van der Waals surface area contributed by atoms with Gasteiger partial charge in [0.15, 0.2) is 0 Å². The van der Waals surface area contributed by atoms with Gasteiger partial charge in [0.2, 0.25) is 26.0 Å². The SMILES string of the molecule is O=C([C@H]1CCCN(S(=O)(=O)c2ccccc2)C1)N1CCN(S(=O)(=O)c2ccccc2)CC1. The second-order valence-corrected chi connectivity index (χ2v) is 11.9. The quantitative estimate of drug-likeness (QED) is 0.652. The van der Waals surface area contributed by atoms with Crippen molar-refractivity contribution in [1.82, 2.24) is 13.5 Å². The van der Waals surface area contributed by atoms with Crippen LogP contribution in [0.3, 0.4) is 0 Å². The smallest absolute Gasteiger partial charge is 0.243 e. The molecule has 2 aliphatic rings. The summed E-state index contributed by atoms with van der Waals surface area (Å²) in [6.45, 7) is 1.59. The second kappa shape index (κ2) is 9.30. The van der Waals surface area contributed by atoms with Crippen LogP contribution in [0.15, 0.2) is 70.5 Å². The van der Waals surface area contributed by atoms with Crippen molar-refractivity contribution in [3.63, 3.8) is 0 Å². The highest BCUT2D eigenvalue weighted by atomic mass is 32.2. The zero-order valence-electron chi connectivity index (χ0n) is 17.7. The van der Waals surface area contributed by atoms with E-state index < -0.39 is 26.0 Å². The minimum Gasteiger partial charge on any atom is -0.340 e. The molecule has 1 atom stereocenters. The fourth-order valence-corrected chi connectivity index (χ4v) is 7.24. The first kappa shape index (κ1) is 22.9. The van der Waals surface area contributed by atoms with Crippen molar-refractivity contribution in [3.8, 4) is 0 Å². The third-order valence-corrected chi connectivity index (χ3v) is 9.84. The Morgan fingerprint density at radius 2 is 1.19 bits per heavy atom. The fraction of sp³-hybridized carbons (Fsp3) is 0.409. The summed E-state index contributed by atoms with van der Waals surface area (Å²) in [7, 11) is -7.23. The molecule has 2 saturated heterocycles. The number of rotatable bonds is 5. The van der Waals surface area contributed by atoms with Gasteiger partial charge in [-0.3, -0.25) is 4.79 Å². The molecule has 2 aliphatic heterocycles. The summed E-state index contributed by atoms with van der Waals surface area (Å²) in [4.78, 5) is 15.3. The van der Waals surface area contributed by atoms with Gasteiger partial charge in [-0.15, -0.1) is 0 Å². The van der Waals surface area contributed by atoms with E-state index in [2.05, 4.69) is 0 Å². The highest BCUT2D eigenvalue weighted by Crippen LogP contribution is 2.26. The van der Waals surface area contributed by atoms with Crippen LogP contribution in [0.25, 0.3) is 0 Å². The third kappa shape index (κ3) is 4.59. The molecule has 0 saturated carbocycles. The number of piperazine rings is 1. The molecular weight excluding hydrogens is 450 g/mol. The van der Waals surface area contributed by atoms with Crippen LogP contribution in [0.2, 0.25) is 0 Å². The highest BCUT2D eigenvalue weighted by Gasteiger charge is 2.37. The van der Waals surface area contributed by atoms with Gasteiger partial charge in [-0.25, -0.2) is 16.8 Å². The van der Waals surface area contributed by atoms with E-state index in [0.29, 0.717) is 32.5 Å². The molecule has 0 radical (unpaired) electrons. The van der Waals surface area contributed by atoms with Crippen LogP contribution >= 0.6 is 0 Å². The lowest BCUT2D eigenvalue weighted by molar-refractivity contribution is -0.137. The summed E-state index contributed by atoms with van der Waals surface area (Å²) in [6.07, 6.45) is 1.24. The molecule has 4 rings (SSSR count). The molecule has 172 valence electrons. The summed E-state index contributed by atoms with van der Waals surface area (Å²) in [5.74, 6) is -0.519. The molecule has 10 heteroatoms. The van der Waals surface area contributed by atoms with Gasteiger partial charge in [0.05, 0.1) is 15.7 Å². The maximum atomic E-state index is 13.1. The van der Waals surface area contributed by atoms with Crippen molar-refractivity contribution >= 4 is 26.0 Å². The molecule has 0 spiro atoms. The van der Waals surface area contributed by atoms with Crippen LogP contribution in [0.1, 0.15) is 12.8 Å². The number of piperidine rings is 1. The topological polar surface area (TPSA) is 95.1 Å². The van der Waals surface area contributed by atoms with E-state index in [1.165, 1.54) is 8.61 Å². The number of carbonyl (C=O) groups is 1. The normalized spacial score (nSPS) is 21.4. The summed E-state index contributed by atoms with van der Waals surface area (Å²) in [5, 5.41) is 0. The van der Waals surface area contributed by atoms with E-state index >= 15 is 0 Å². The molecule has 2 heterocycles. The van der Waals surface area contributed by atoms with Crippen LogP contribution in [0, 0.1) is 5.92 Å². The Hall–Kier alpha value is -2.27. The fourth-order valence-electron chi connectivity index (χ4n) is 4.25. The van der Waals surface area contributed by atoms with E-state index in [1.54, 1.807) is 65.6 Å². The average Bonchev–Trinajstić information content (AvgIpc) is 2.85. The molecule has 0 aromatic heterocycles. The van der Waals surface area contributed by atoms with Gasteiger partial charge in [0, 0.05) is 39.3 Å². The average molecular weight is 478 g/mol. The molecule has 2 fully saturated rings. The first-order valence-corrected chi connectivity index (χ1v) is 13.6. The standard InChI is InChI=1S/C22H27N3O5S2/c26-22(19-8-7-13-25(18-19)32(29,30)21-11-5-2-6-12-21)23-14-16-24(17-15-23)31(27,28)20-9-3-1-4-10-20/h1-6,9-12,19H,7-8,13-18H2/t19-/m0/s1. The van der Waals surface area contributed by atoms with Crippen LogP contribution in [0.4, 0.5) is 0 Å². The predicted molar refractivity (Wildman–Crippen MR) is 120 cm³/mol. The van der Waals surface area contributed by atoms with Gasteiger partial charge < -0.3 is 4.90 Å². The van der Waals surface area contributed by atoms with Crippen LogP contribution in [-0.4, -0.2) is 75.5 Å². The van der Waals surface area contributed by atoms with E-state index in [4.69, 9.17) is 0 Å². The maximum absolute atomic E-state index is 13.1. The van der Waals surface area contributed by atoms with Crippen molar-refractivity contribution in [1.29, 1.82) is 0 Å². The van der Waals surface area contributed by atoms with Gasteiger partial charge in [-0.05, 0) is 37.1 Å². The molecule has 0 unspecified atom stereocenters. The lowest BCUT2D eigenvalue weighted by Crippen LogP contribution is -2.54. The number of amides is 1. The zero-order chi connectivity index (χ0) is 22.8. The number of sulfonamides is 2. The molecular formula is C22H27N3O5S2. The number of nitrogens with zero attached hydrogens (tertiary/aromatic N) is 3. The molecule has 32 heavy (non-hydrogen) atoms. The Kier molecular flexibility index (Phi) is 6.66. The van der Waals surface area contributed by atoms with Crippen molar-refractivity contribution in [2.24, 2.45) is 5.92 Å². The Bertz CT molecular complexity index is 1150. The number of hydrogen-bond acceptors (Lipinski definition) is 5. The molecule has 0 aliphatic carbocycles. The van der Waals surface area contributed by atoms with E-state index in [1.807, 2.05) is 0 Å². The van der Waals surface area contributed by atoms with Gasteiger partial charge in [0.25, 0.3) is 0 Å². The zero-order valence-corrected chi connectivity index (χ0v) is 19.3. The Labute approximate surface area is 189 Å². The molecule has 2 aromatic carbocycles. The summed E-state index contributed by atoms with van der Waals surface area (Å²) < 4.78 is 54.3. The molecule has 0 bridgehead atoms. The Morgan fingerprint density at radius 3 is 1.72 bits per heavy atom. The van der Waals surface area contributed by atoms with Crippen molar-refractivity contribution in [2.45, 2.75) is 22.6 Å². The van der Waals surface area contributed by atoms with Crippen molar-refractivity contribution in [3.05, 3.63) is 60.7 Å². The first-order valence-electron chi connectivity index (χ1n) is 10.7. The van der Waals surface area contributed by atoms with Crippen LogP contribution < -0.4 is 0 Å². The molecule has 8 nitrogen and oxygen atoms in total. The number of carbonyl (C=O) groups excluding carboxylic acids is 1. The van der Waals surface area contributed by atoms with Crippen LogP contribution in [-0.2, 0) is 24.8 Å². The van der Waals surface area contributed by atoms with Crippen molar-refractivity contribution in [2.75, 3.05) is 39.3 Å². The minimum atomic E-state index is -3.64. The molecule has 0 N–H and O–H groups in total. The minimum absolute atomic E-state index is 0.102. The Morgan fingerprint density at radius 1 is 0.688 bits per heavy atom. The lowest BCUT2D eigenvalue weighted by Gasteiger charge is -2.38. The highest BCUT2D eigenvalue weighted by molar-refractivity contribution is 7.89. The van der Waals surface area contributed by atoms with E-state index in [9.17, 15) is 21.6 Å². The summed E-state index contributed by atoms with van der Waals surface area (Å²) in [5.41, 5.74) is 0. The molecule has 1 amide bonds. The van der Waals surface area contributed by atoms with E-state index in [-0.39, 0.29) is 35.3 Å². The molecule has 2 aromatic rings. The third-order valence-electron chi connectivity index (χ3n) is 6.05. The number of benzene rings is 2. The summed E-state index contributed by atoms with van der Waals surface area (Å²) >= 11 is 0.